The molecular formula is C11H14K2O7S. The van der Waals surface area contributed by atoms with E-state index in [1.54, 1.807) is 0 Å². The number of rotatable bonds is 8. The molecule has 2 unspecified atom stereocenters. The molecule has 1 N–H and O–H groups in total. The van der Waals surface area contributed by atoms with Crippen LogP contribution in [0.4, 0.5) is 0 Å². The Bertz CT molecular complexity index is 515. The Morgan fingerprint density at radius 3 is 1.95 bits per heavy atom. The minimum absolute atomic E-state index is 0. The van der Waals surface area contributed by atoms with Crippen molar-refractivity contribution in [1.29, 1.82) is 0 Å². The van der Waals surface area contributed by atoms with Crippen molar-refractivity contribution in [3.63, 3.8) is 0 Å². The second-order valence-electron chi connectivity index (χ2n) is 4.28. The average Bonchev–Trinajstić information content (AvgIpc) is 2.12. The molecule has 0 aromatic heterocycles. The Morgan fingerprint density at radius 2 is 1.76 bits per heavy atom. The largest absolute Gasteiger partial charge is 1.00 e. The second-order valence-corrected chi connectivity index (χ2v) is 5.79. The van der Waals surface area contributed by atoms with Gasteiger partial charge in [0.25, 0.3) is 10.1 Å². The maximum atomic E-state index is 11.3. The van der Waals surface area contributed by atoms with Gasteiger partial charge < -0.3 is 19.8 Å². The summed E-state index contributed by atoms with van der Waals surface area (Å²) in [4.78, 5) is 22.2. The van der Waals surface area contributed by atoms with Crippen LogP contribution in [0.1, 0.15) is 19.8 Å². The van der Waals surface area contributed by atoms with Gasteiger partial charge in [-0.2, -0.15) is 8.42 Å². The van der Waals surface area contributed by atoms with Gasteiger partial charge in [-0.25, -0.2) is 0 Å². The van der Waals surface area contributed by atoms with Gasteiger partial charge in [0.05, 0.1) is 5.97 Å². The SMILES string of the molecule is C=CCC(CC(=C)C)(C(=O)[O-])C(C(=O)[O-])S(=O)(=O)O.[K+].[K+]. The van der Waals surface area contributed by atoms with Crippen molar-refractivity contribution in [2.24, 2.45) is 5.41 Å². The van der Waals surface area contributed by atoms with Crippen LogP contribution in [0.2, 0.25) is 0 Å². The van der Waals surface area contributed by atoms with Crippen molar-refractivity contribution >= 4 is 22.1 Å². The number of allylic oxidation sites excluding steroid dienone is 2. The van der Waals surface area contributed by atoms with Crippen LogP contribution in [-0.4, -0.2) is 30.2 Å². The van der Waals surface area contributed by atoms with Crippen LogP contribution in [0, 0.1) is 5.41 Å². The first-order valence-electron chi connectivity index (χ1n) is 5.13. The number of carboxylic acid groups (broad SMARTS) is 2. The van der Waals surface area contributed by atoms with E-state index in [-0.39, 0.29) is 108 Å². The van der Waals surface area contributed by atoms with Gasteiger partial charge in [0.1, 0.15) is 5.25 Å². The number of carboxylic acids is 2. The van der Waals surface area contributed by atoms with Crippen molar-refractivity contribution in [3.8, 4) is 0 Å². The molecular weight excluding hydrogens is 354 g/mol. The summed E-state index contributed by atoms with van der Waals surface area (Å²) in [6.45, 7) is 8.05. The van der Waals surface area contributed by atoms with E-state index in [1.807, 2.05) is 0 Å². The third-order valence-electron chi connectivity index (χ3n) is 2.55. The fourth-order valence-electron chi connectivity index (χ4n) is 1.96. The van der Waals surface area contributed by atoms with Crippen molar-refractivity contribution in [2.45, 2.75) is 25.0 Å². The van der Waals surface area contributed by atoms with E-state index in [2.05, 4.69) is 13.2 Å². The number of carbonyl (C=O) groups excluding carboxylic acids is 2. The van der Waals surface area contributed by atoms with Gasteiger partial charge in [-0.3, -0.25) is 4.55 Å². The number of carbonyl (C=O) groups is 2. The third-order valence-corrected chi connectivity index (χ3v) is 3.79. The summed E-state index contributed by atoms with van der Waals surface area (Å²) in [5, 5.41) is 19.6. The van der Waals surface area contributed by atoms with Crippen LogP contribution >= 0.6 is 0 Å². The summed E-state index contributed by atoms with van der Waals surface area (Å²) in [7, 11) is -5.21. The zero-order valence-corrected chi connectivity index (χ0v) is 19.4. The summed E-state index contributed by atoms with van der Waals surface area (Å²) in [5.74, 6) is -4.17. The molecule has 0 radical (unpaired) electrons. The van der Waals surface area contributed by atoms with Crippen LogP contribution < -0.4 is 113 Å². The number of hydrogen-bond donors (Lipinski definition) is 1. The molecule has 0 aliphatic carbocycles. The first-order chi connectivity index (χ1) is 8.49. The Morgan fingerprint density at radius 1 is 1.33 bits per heavy atom. The van der Waals surface area contributed by atoms with Gasteiger partial charge in [-0.1, -0.05) is 11.6 Å². The van der Waals surface area contributed by atoms with E-state index in [9.17, 15) is 28.2 Å². The Labute approximate surface area is 208 Å². The summed E-state index contributed by atoms with van der Waals surface area (Å²) in [6.07, 6.45) is -0.0275. The van der Waals surface area contributed by atoms with E-state index in [0.29, 0.717) is 0 Å². The summed E-state index contributed by atoms with van der Waals surface area (Å²) in [6, 6.07) is 0. The second kappa shape index (κ2) is 11.2. The topological polar surface area (TPSA) is 135 Å². The predicted octanol–water partition coefficient (Wildman–Crippen LogP) is -7.72. The van der Waals surface area contributed by atoms with Crippen molar-refractivity contribution in [2.75, 3.05) is 0 Å². The molecule has 0 aromatic rings. The van der Waals surface area contributed by atoms with Crippen LogP contribution in [0.25, 0.3) is 0 Å². The first-order valence-corrected chi connectivity index (χ1v) is 6.63. The van der Waals surface area contributed by atoms with Crippen LogP contribution in [0.3, 0.4) is 0 Å². The summed E-state index contributed by atoms with van der Waals surface area (Å²) in [5.41, 5.74) is -2.21. The predicted molar refractivity (Wildman–Crippen MR) is 62.0 cm³/mol. The van der Waals surface area contributed by atoms with E-state index < -0.39 is 45.6 Å². The van der Waals surface area contributed by atoms with E-state index in [4.69, 9.17) is 4.55 Å². The fourth-order valence-corrected chi connectivity index (χ4v) is 3.05. The molecule has 0 amide bonds. The molecule has 0 saturated heterocycles. The van der Waals surface area contributed by atoms with Crippen molar-refractivity contribution < 1.29 is 136 Å². The third kappa shape index (κ3) is 7.81. The molecule has 0 heterocycles. The standard InChI is InChI=1S/C11H16O7S.2K/c1-4-5-11(10(14)15,6-7(2)3)8(9(12)13)19(16,17)18;;/h4,8H,1-2,5-6H2,3H3,(H,12,13)(H,14,15)(H,16,17,18);;/q;2*+1/p-2. The molecule has 0 rings (SSSR count). The molecule has 21 heavy (non-hydrogen) atoms. The van der Waals surface area contributed by atoms with E-state index in [1.165, 1.54) is 6.92 Å². The number of hydrogen-bond acceptors (Lipinski definition) is 6. The van der Waals surface area contributed by atoms with E-state index >= 15 is 0 Å². The zero-order valence-electron chi connectivity index (χ0n) is 12.3. The van der Waals surface area contributed by atoms with E-state index in [0.717, 1.165) is 6.08 Å². The van der Waals surface area contributed by atoms with Crippen LogP contribution in [0.15, 0.2) is 24.8 Å². The quantitative estimate of drug-likeness (QED) is 0.255. The van der Waals surface area contributed by atoms with Gasteiger partial charge in [0.15, 0.2) is 0 Å². The summed E-state index contributed by atoms with van der Waals surface area (Å²) >= 11 is 0. The molecule has 7 nitrogen and oxygen atoms in total. The summed E-state index contributed by atoms with van der Waals surface area (Å²) < 4.78 is 31.3. The molecule has 0 aromatic carbocycles. The smallest absolute Gasteiger partial charge is 0.549 e. The molecule has 0 bridgehead atoms. The normalized spacial score (nSPS) is 14.6. The average molecular weight is 368 g/mol. The Balaban J connectivity index is -0.00000162. The molecule has 0 saturated carbocycles. The van der Waals surface area contributed by atoms with Gasteiger partial charge >= 0.3 is 103 Å². The maximum absolute atomic E-state index is 11.3. The maximum Gasteiger partial charge on any atom is 1.00 e. The molecule has 0 fully saturated rings. The van der Waals surface area contributed by atoms with Crippen LogP contribution in [-0.2, 0) is 19.7 Å². The van der Waals surface area contributed by atoms with Crippen LogP contribution in [0.5, 0.6) is 0 Å². The number of aliphatic carboxylic acids is 2. The van der Waals surface area contributed by atoms with Gasteiger partial charge in [0.2, 0.25) is 0 Å². The first kappa shape index (κ1) is 27.5. The molecule has 0 aliphatic heterocycles. The van der Waals surface area contributed by atoms with Gasteiger partial charge in [-0.05, 0) is 19.8 Å². The van der Waals surface area contributed by atoms with Crippen molar-refractivity contribution in [1.82, 2.24) is 0 Å². The van der Waals surface area contributed by atoms with Gasteiger partial charge in [-0.15, -0.1) is 13.2 Å². The monoisotopic (exact) mass is 368 g/mol. The zero-order chi connectivity index (χ0) is 15.4. The molecule has 0 spiro atoms. The minimum Gasteiger partial charge on any atom is -0.549 e. The minimum atomic E-state index is -5.21. The van der Waals surface area contributed by atoms with Crippen molar-refractivity contribution in [3.05, 3.63) is 24.8 Å². The molecule has 2 atom stereocenters. The Kier molecular flexibility index (Phi) is 14.7. The van der Waals surface area contributed by atoms with Gasteiger partial charge in [0, 0.05) is 11.4 Å². The molecule has 10 heteroatoms. The Hall–Kier alpha value is 1.60. The molecule has 108 valence electrons. The molecule has 0 aliphatic rings. The fraction of sp³-hybridized carbons (Fsp3) is 0.455.